The van der Waals surface area contributed by atoms with Crippen molar-refractivity contribution in [1.82, 2.24) is 29.4 Å². The summed E-state index contributed by atoms with van der Waals surface area (Å²) in [5.41, 5.74) is 8.72. The molecule has 338 valence electrons. The van der Waals surface area contributed by atoms with Gasteiger partial charge in [-0.25, -0.2) is 15.0 Å². The molecule has 16 nitrogen and oxygen atoms in total. The molecule has 4 heterocycles. The monoisotopic (exact) mass is 908 g/mol. The van der Waals surface area contributed by atoms with E-state index in [0.717, 1.165) is 54.2 Å². The first-order valence-corrected chi connectivity index (χ1v) is 19.4. The van der Waals surface area contributed by atoms with Crippen molar-refractivity contribution >= 4 is 40.1 Å². The Morgan fingerprint density at radius 2 is 1.55 bits per heavy atom. The summed E-state index contributed by atoms with van der Waals surface area (Å²) >= 11 is 4.84. The molecule has 1 atom stereocenters. The second-order valence-electron chi connectivity index (χ2n) is 11.6. The van der Waals surface area contributed by atoms with E-state index in [1.165, 1.54) is 21.3 Å². The molecule has 1 fully saturated rings. The largest absolute Gasteiger partial charge is 0.497 e. The smallest absolute Gasteiger partial charge is 0.352 e. The van der Waals surface area contributed by atoms with Gasteiger partial charge in [-0.15, -0.1) is 17.8 Å². The van der Waals surface area contributed by atoms with Crippen molar-refractivity contribution in [3.63, 3.8) is 0 Å². The number of aryl methyl sites for hydroxylation is 1. The number of hydrogen-bond donors (Lipinski definition) is 3. The van der Waals surface area contributed by atoms with Gasteiger partial charge in [0.05, 0.1) is 31.8 Å². The van der Waals surface area contributed by atoms with E-state index in [2.05, 4.69) is 191 Å². The number of nitrogens with zero attached hydrogens (tertiary/aromatic N) is 9. The number of benzene rings is 1. The number of terminal acetylenes is 1. The summed E-state index contributed by atoms with van der Waals surface area (Å²) in [5, 5.41) is 21.0. The molecule has 5 rings (SSSR count). The van der Waals surface area contributed by atoms with Crippen LogP contribution in [0.25, 0.3) is 15.9 Å². The normalized spacial score (nSPS) is 11.5. The van der Waals surface area contributed by atoms with E-state index in [1.807, 2.05) is 28.8 Å². The maximum atomic E-state index is 13.3. The first-order chi connectivity index (χ1) is 31.3. The quantitative estimate of drug-likeness (QED) is 0.0367. The van der Waals surface area contributed by atoms with Gasteiger partial charge in [0.25, 0.3) is 0 Å². The van der Waals surface area contributed by atoms with Crippen molar-refractivity contribution in [2.24, 2.45) is 15.7 Å². The first kappa shape index (κ1) is 50.0. The van der Waals surface area contributed by atoms with Gasteiger partial charge < -0.3 is 9.47 Å². The van der Waals surface area contributed by atoms with Gasteiger partial charge in [0.2, 0.25) is 0 Å². The number of fused-ring (bicyclic) bond motifs is 3. The van der Waals surface area contributed by atoms with E-state index in [1.54, 1.807) is 25.4 Å². The van der Waals surface area contributed by atoms with Crippen molar-refractivity contribution < 1.29 is 39.7 Å². The highest BCUT2D eigenvalue weighted by Gasteiger charge is 2.24. The van der Waals surface area contributed by atoms with Gasteiger partial charge in [-0.3, -0.25) is 9.47 Å². The van der Waals surface area contributed by atoms with Crippen molar-refractivity contribution in [2.45, 2.75) is 46.4 Å². The average molecular weight is 909 g/mol. The van der Waals surface area contributed by atoms with Crippen LogP contribution in [0.5, 0.6) is 5.75 Å². The summed E-state index contributed by atoms with van der Waals surface area (Å²) in [6.45, 7) is 9.92. The molecule has 0 amide bonds. The zero-order valence-corrected chi connectivity index (χ0v) is 36.4. The minimum Gasteiger partial charge on any atom is -0.497 e. The van der Waals surface area contributed by atoms with Gasteiger partial charge in [0.1, 0.15) is 16.9 Å². The van der Waals surface area contributed by atoms with E-state index in [0.29, 0.717) is 12.2 Å². The van der Waals surface area contributed by atoms with E-state index >= 15 is 0 Å². The fraction of sp³-hybridized carbons (Fsp3) is 0.239. The average Bonchev–Trinajstić information content (AvgIpc) is 3.94. The van der Waals surface area contributed by atoms with Gasteiger partial charge in [-0.1, -0.05) is 30.0 Å². The molecule has 64 heavy (non-hydrogen) atoms. The van der Waals surface area contributed by atoms with Gasteiger partial charge in [0.15, 0.2) is 5.65 Å². The molecule has 0 saturated carbocycles. The lowest BCUT2D eigenvalue weighted by atomic mass is 10.1. The van der Waals surface area contributed by atoms with Crippen LogP contribution in [0.4, 0.5) is 0 Å². The van der Waals surface area contributed by atoms with Crippen LogP contribution < -0.4 is 10.4 Å². The predicted octanol–water partition coefficient (Wildman–Crippen LogP) is 7.24. The fourth-order valence-corrected chi connectivity index (χ4v) is 6.46. The van der Waals surface area contributed by atoms with Crippen LogP contribution in [0.2, 0.25) is 0 Å². The molecular weight excluding hydrogens is 853 g/mol. The molecule has 0 aliphatic carbocycles. The summed E-state index contributed by atoms with van der Waals surface area (Å²) in [6, 6.07) is 7.81. The molecule has 1 saturated heterocycles. The Hall–Kier alpha value is -8.36. The Bertz CT molecular complexity index is 3130. The number of ether oxygens (including phenoxy) is 2. The third kappa shape index (κ3) is 17.0. The molecule has 0 bridgehead atoms. The number of thiophene rings is 1. The zero-order chi connectivity index (χ0) is 46.2. The van der Waals surface area contributed by atoms with Crippen molar-refractivity contribution in [1.29, 1.82) is 5.53 Å². The maximum absolute atomic E-state index is 13.3. The summed E-state index contributed by atoms with van der Waals surface area (Å²) in [5.74, 6) is 52.7. The number of hydrogen-bond acceptors (Lipinski definition) is 13. The van der Waals surface area contributed by atoms with Crippen LogP contribution in [-0.2, 0) is 27.1 Å². The molecule has 18 heteroatoms. The molecule has 2 N–H and O–H groups in total. The topological polar surface area (TPSA) is 177 Å². The highest BCUT2D eigenvalue weighted by atomic mass is 32.1. The molecule has 0 radical (unpaired) electrons. The Labute approximate surface area is 396 Å². The standard InChI is InChI=1S/C23H27N5O3S.C23H4.H3N5O3S.11H2/c1-4-17-12-26(9-10-31-17)13-19-15(2)20-21-24-14-25-28(21)23(29)27(22(20)32-19)11-16-5-7-18(30-3)8-6-16;1-3-5-7-9-11-13-15-17-19-21-23-22-20-18-16-14-12-10-8-6-4-2;1-2-3-4-5(7-6)8-9;;;;;;;;;;;/h5-8,14,17H,4,9-13H2,1-3H3;1H,2H3;1,6,9H;11*1H/b;;2-1?,4-3+;;;;;;;;;;;. The fourth-order valence-electron chi connectivity index (χ4n) is 5.06. The Morgan fingerprint density at radius 3 is 2.05 bits per heavy atom. The van der Waals surface area contributed by atoms with Crippen molar-refractivity contribution in [2.75, 3.05) is 26.8 Å². The van der Waals surface area contributed by atoms with Crippen LogP contribution in [0.3, 0.4) is 0 Å². The van der Waals surface area contributed by atoms with Gasteiger partial charge in [0, 0.05) is 87.4 Å². The van der Waals surface area contributed by atoms with Crippen molar-refractivity contribution in [3.05, 3.63) is 57.1 Å². The molecule has 1 aliphatic rings. The molecule has 1 aliphatic heterocycles. The maximum Gasteiger partial charge on any atom is 0.352 e. The molecular formula is C46H56N10O6S2. The predicted molar refractivity (Wildman–Crippen MR) is 266 cm³/mol. The second-order valence-corrected chi connectivity index (χ2v) is 12.9. The molecule has 0 spiro atoms. The van der Waals surface area contributed by atoms with Gasteiger partial charge >= 0.3 is 5.69 Å². The van der Waals surface area contributed by atoms with E-state index < -0.39 is 0 Å². The van der Waals surface area contributed by atoms with Gasteiger partial charge in [-0.05, 0) is 149 Å². The molecule has 4 aromatic rings. The summed E-state index contributed by atoms with van der Waals surface area (Å²) < 4.78 is 18.2. The highest BCUT2D eigenvalue weighted by molar-refractivity contribution is 7.75. The highest BCUT2D eigenvalue weighted by Crippen LogP contribution is 2.34. The van der Waals surface area contributed by atoms with Crippen LogP contribution >= 0.6 is 24.2 Å². The molecule has 3 aromatic heterocycles. The second kappa shape index (κ2) is 29.8. The van der Waals surface area contributed by atoms with Gasteiger partial charge in [-0.2, -0.15) is 19.4 Å². The lowest BCUT2D eigenvalue weighted by molar-refractivity contribution is -0.478. The van der Waals surface area contributed by atoms with Crippen LogP contribution in [0.1, 0.15) is 52.0 Å². The van der Waals surface area contributed by atoms with E-state index in [-0.39, 0.29) is 32.8 Å². The van der Waals surface area contributed by atoms with Crippen molar-refractivity contribution in [3.8, 4) is 137 Å². The molecule has 1 unspecified atom stereocenters. The minimum atomic E-state index is -0.175. The number of aromatic nitrogens is 4. The van der Waals surface area contributed by atoms with Crippen LogP contribution in [0.15, 0.2) is 51.1 Å². The lowest BCUT2D eigenvalue weighted by Gasteiger charge is -2.32. The number of rotatable bonds is 10. The van der Waals surface area contributed by atoms with E-state index in [9.17, 15) is 4.79 Å². The Balaban J connectivity index is -0.000000130. The third-order valence-corrected chi connectivity index (χ3v) is 9.26. The summed E-state index contributed by atoms with van der Waals surface area (Å²) in [4.78, 5) is 25.7. The minimum absolute atomic E-state index is 0. The van der Waals surface area contributed by atoms with Crippen LogP contribution in [0, 0.1) is 143 Å². The summed E-state index contributed by atoms with van der Waals surface area (Å²) in [7, 11) is 1.65. The zero-order valence-electron chi connectivity index (χ0n) is 34.7. The number of nitrogens with one attached hydrogen (secondary N) is 1. The lowest BCUT2D eigenvalue weighted by Crippen LogP contribution is -2.41. The Morgan fingerprint density at radius 1 is 0.969 bits per heavy atom. The molecule has 1 aromatic carbocycles. The van der Waals surface area contributed by atoms with Crippen LogP contribution in [-0.4, -0.2) is 67.6 Å². The number of morpholine rings is 1. The van der Waals surface area contributed by atoms with E-state index in [4.69, 9.17) is 26.7 Å². The third-order valence-electron chi connectivity index (χ3n) is 7.82. The SMILES string of the molecule is C#CC#CC#CC#CC#CC#CC#CC#CC#CC#CC#CC.CCC1CN(Cc2sc3c(c2C)c2ncnn2c(=O)n3Cc2ccc(OC)cc2)CCO1.N=N/N=N/N(OO)OS.[HH].[HH].[HH].[HH].[HH].[HH].[HH].[HH].[HH].[HH].[HH]. The Kier molecular flexibility index (Phi) is 23.3. The number of methoxy groups -OCH3 is 1. The summed E-state index contributed by atoms with van der Waals surface area (Å²) in [6.07, 6.45) is 7.67. The number of thiol groups is 1. The first-order valence-electron chi connectivity index (χ1n) is 18.2.